The number of carbonyl (C=O) groups excluding carboxylic acids is 4. The summed E-state index contributed by atoms with van der Waals surface area (Å²) in [5.41, 5.74) is 22.3. The molecule has 4 amide bonds. The van der Waals surface area contributed by atoms with Crippen molar-refractivity contribution in [2.45, 2.75) is 75.5 Å². The van der Waals surface area contributed by atoms with Crippen molar-refractivity contribution in [1.82, 2.24) is 25.9 Å². The number of nitrogens with one attached hydrogen (secondary N) is 4. The number of H-pyrrole nitrogens is 1. The van der Waals surface area contributed by atoms with Crippen LogP contribution < -0.4 is 38.9 Å². The smallest absolute Gasteiger partial charge is 0.326 e. The number of nitrogens with two attached hydrogens (primary N) is 4. The number of aliphatic carboxylic acids is 1. The van der Waals surface area contributed by atoms with Crippen LogP contribution in [0.3, 0.4) is 0 Å². The summed E-state index contributed by atoms with van der Waals surface area (Å²) in [5.74, 6) is -4.16. The van der Waals surface area contributed by atoms with E-state index in [1.165, 1.54) is 12.5 Å². The number of carboxylic acid groups (broad SMARTS) is 1. The molecule has 37 heavy (non-hydrogen) atoms. The van der Waals surface area contributed by atoms with Crippen molar-refractivity contribution in [2.75, 3.05) is 13.1 Å². The molecule has 0 aliphatic rings. The molecule has 0 aliphatic carbocycles. The summed E-state index contributed by atoms with van der Waals surface area (Å²) in [5, 5.41) is 17.1. The van der Waals surface area contributed by atoms with E-state index in [1.807, 2.05) is 0 Å². The van der Waals surface area contributed by atoms with Gasteiger partial charge in [0.15, 0.2) is 0 Å². The molecule has 15 nitrogen and oxygen atoms in total. The topological polar surface area (TPSA) is 274 Å². The van der Waals surface area contributed by atoms with E-state index in [9.17, 15) is 29.1 Å². The van der Waals surface area contributed by atoms with Crippen LogP contribution >= 0.6 is 0 Å². The molecule has 1 aromatic heterocycles. The van der Waals surface area contributed by atoms with Crippen molar-refractivity contribution in [3.63, 3.8) is 0 Å². The maximum Gasteiger partial charge on any atom is 0.326 e. The summed E-state index contributed by atoms with van der Waals surface area (Å²) >= 11 is 0. The third-order valence-corrected chi connectivity index (χ3v) is 5.51. The van der Waals surface area contributed by atoms with E-state index in [0.29, 0.717) is 44.5 Å². The molecule has 1 heterocycles. The number of aromatic nitrogens is 2. The molecule has 0 saturated heterocycles. The average Bonchev–Trinajstić information content (AvgIpc) is 3.35. The summed E-state index contributed by atoms with van der Waals surface area (Å²) in [6, 6.07) is -4.70. The Morgan fingerprint density at radius 1 is 0.865 bits per heavy atom. The van der Waals surface area contributed by atoms with E-state index < -0.39 is 60.2 Å². The van der Waals surface area contributed by atoms with Crippen LogP contribution in [0.4, 0.5) is 0 Å². The predicted molar refractivity (Wildman–Crippen MR) is 133 cm³/mol. The van der Waals surface area contributed by atoms with Crippen molar-refractivity contribution in [3.05, 3.63) is 18.2 Å². The minimum absolute atomic E-state index is 0.0165. The second-order valence-electron chi connectivity index (χ2n) is 8.65. The van der Waals surface area contributed by atoms with E-state index in [-0.39, 0.29) is 19.3 Å². The largest absolute Gasteiger partial charge is 0.480 e. The zero-order valence-electron chi connectivity index (χ0n) is 20.8. The van der Waals surface area contributed by atoms with Gasteiger partial charge in [-0.2, -0.15) is 0 Å². The molecule has 1 rings (SSSR count). The van der Waals surface area contributed by atoms with Crippen molar-refractivity contribution in [1.29, 1.82) is 0 Å². The van der Waals surface area contributed by atoms with E-state index >= 15 is 0 Å². The number of carbonyl (C=O) groups is 5. The quantitative estimate of drug-likeness (QED) is 0.0823. The van der Waals surface area contributed by atoms with Gasteiger partial charge in [0.05, 0.1) is 18.8 Å². The Hall–Kier alpha value is -3.56. The van der Waals surface area contributed by atoms with Gasteiger partial charge in [0, 0.05) is 18.3 Å². The van der Waals surface area contributed by atoms with E-state index in [1.54, 1.807) is 0 Å². The Labute approximate surface area is 214 Å². The number of hydrogen-bond acceptors (Lipinski definition) is 9. The van der Waals surface area contributed by atoms with Crippen LogP contribution in [0.1, 0.15) is 50.6 Å². The number of amides is 4. The third-order valence-electron chi connectivity index (χ3n) is 5.51. The molecule has 0 saturated carbocycles. The number of primary amides is 1. The molecule has 1 aromatic rings. The molecular weight excluding hydrogens is 486 g/mol. The normalized spacial score (nSPS) is 14.1. The fourth-order valence-corrected chi connectivity index (χ4v) is 3.47. The van der Waals surface area contributed by atoms with E-state index in [0.717, 1.165) is 0 Å². The summed E-state index contributed by atoms with van der Waals surface area (Å²) in [7, 11) is 0. The van der Waals surface area contributed by atoms with Gasteiger partial charge in [0.1, 0.15) is 18.1 Å². The number of imidazole rings is 1. The Bertz CT molecular complexity index is 880. The molecule has 0 fully saturated rings. The van der Waals surface area contributed by atoms with Crippen molar-refractivity contribution in [2.24, 2.45) is 22.9 Å². The van der Waals surface area contributed by atoms with Crippen LogP contribution in [0.2, 0.25) is 0 Å². The Kier molecular flexibility index (Phi) is 14.5. The summed E-state index contributed by atoms with van der Waals surface area (Å²) in [6.45, 7) is 0.758. The maximum absolute atomic E-state index is 13.2. The zero-order valence-corrected chi connectivity index (χ0v) is 20.8. The van der Waals surface area contributed by atoms with Gasteiger partial charge in [0.2, 0.25) is 23.6 Å². The number of unbranched alkanes of at least 4 members (excludes halogenated alkanes) is 2. The van der Waals surface area contributed by atoms with Gasteiger partial charge in [-0.25, -0.2) is 9.78 Å². The Morgan fingerprint density at radius 2 is 1.41 bits per heavy atom. The van der Waals surface area contributed by atoms with Gasteiger partial charge in [0.25, 0.3) is 0 Å². The molecule has 0 bridgehead atoms. The Balaban J connectivity index is 3.03. The van der Waals surface area contributed by atoms with Crippen LogP contribution in [-0.4, -0.2) is 81.9 Å². The third kappa shape index (κ3) is 12.3. The molecule has 0 aromatic carbocycles. The van der Waals surface area contributed by atoms with E-state index in [2.05, 4.69) is 25.9 Å². The fraction of sp³-hybridized carbons (Fsp3) is 0.636. The van der Waals surface area contributed by atoms with E-state index in [4.69, 9.17) is 22.9 Å². The molecule has 4 atom stereocenters. The molecular formula is C22H39N9O6. The van der Waals surface area contributed by atoms with Crippen LogP contribution in [0.15, 0.2) is 12.5 Å². The van der Waals surface area contributed by atoms with Crippen molar-refractivity contribution >= 4 is 29.6 Å². The van der Waals surface area contributed by atoms with Crippen molar-refractivity contribution < 1.29 is 29.1 Å². The van der Waals surface area contributed by atoms with Gasteiger partial charge in [-0.1, -0.05) is 0 Å². The second-order valence-corrected chi connectivity index (χ2v) is 8.65. The summed E-state index contributed by atoms with van der Waals surface area (Å²) < 4.78 is 0. The predicted octanol–water partition coefficient (Wildman–Crippen LogP) is -3.05. The molecule has 0 radical (unpaired) electrons. The monoisotopic (exact) mass is 525 g/mol. The lowest BCUT2D eigenvalue weighted by atomic mass is 10.0. The molecule has 15 heteroatoms. The van der Waals surface area contributed by atoms with Crippen LogP contribution in [0, 0.1) is 0 Å². The first-order chi connectivity index (χ1) is 17.6. The first kappa shape index (κ1) is 31.5. The highest BCUT2D eigenvalue weighted by molar-refractivity contribution is 5.95. The van der Waals surface area contributed by atoms with Gasteiger partial charge >= 0.3 is 5.97 Å². The number of hydrogen-bond donors (Lipinski definition) is 9. The van der Waals surface area contributed by atoms with Gasteiger partial charge in [-0.15, -0.1) is 0 Å². The van der Waals surface area contributed by atoms with Gasteiger partial charge in [-0.3, -0.25) is 19.2 Å². The SMILES string of the molecule is NCCCCC(NC(=O)C(Cc1cnc[nH]1)NC(=O)C(CCCCN)NC(=O)C(N)CC(N)=O)C(=O)O. The minimum Gasteiger partial charge on any atom is -0.480 e. The lowest BCUT2D eigenvalue weighted by Gasteiger charge is -2.25. The average molecular weight is 526 g/mol. The lowest BCUT2D eigenvalue weighted by Crippen LogP contribution is -2.57. The van der Waals surface area contributed by atoms with Crippen LogP contribution in [0.5, 0.6) is 0 Å². The lowest BCUT2D eigenvalue weighted by molar-refractivity contribution is -0.142. The highest BCUT2D eigenvalue weighted by Gasteiger charge is 2.30. The fourth-order valence-electron chi connectivity index (χ4n) is 3.47. The number of rotatable bonds is 19. The molecule has 208 valence electrons. The molecule has 4 unspecified atom stereocenters. The number of carboxylic acids is 1. The molecule has 0 aliphatic heterocycles. The molecule has 13 N–H and O–H groups in total. The zero-order chi connectivity index (χ0) is 27.8. The highest BCUT2D eigenvalue weighted by atomic mass is 16.4. The summed E-state index contributed by atoms with van der Waals surface area (Å²) in [4.78, 5) is 68.1. The Morgan fingerprint density at radius 3 is 1.92 bits per heavy atom. The van der Waals surface area contributed by atoms with Crippen LogP contribution in [0.25, 0.3) is 0 Å². The maximum atomic E-state index is 13.2. The molecule has 0 spiro atoms. The van der Waals surface area contributed by atoms with Gasteiger partial charge in [-0.05, 0) is 51.6 Å². The number of aromatic amines is 1. The summed E-state index contributed by atoms with van der Waals surface area (Å²) in [6.07, 6.45) is 4.94. The standard InChI is InChI=1S/C22H39N9O6/c23-7-3-1-5-15(29-19(33)14(25)10-18(26)32)20(34)31-17(9-13-11-27-12-28-13)21(35)30-16(22(36)37)6-2-4-8-24/h11-12,14-17H,1-10,23-25H2,(H2,26,32)(H,27,28)(H,29,33)(H,30,35)(H,31,34)(H,36,37). The number of nitrogens with zero attached hydrogens (tertiary/aromatic N) is 1. The first-order valence-corrected chi connectivity index (χ1v) is 12.1. The second kappa shape index (κ2) is 17.0. The van der Waals surface area contributed by atoms with Gasteiger partial charge < -0.3 is 49.0 Å². The highest BCUT2D eigenvalue weighted by Crippen LogP contribution is 2.07. The van der Waals surface area contributed by atoms with Crippen molar-refractivity contribution in [3.8, 4) is 0 Å². The van der Waals surface area contributed by atoms with Crippen LogP contribution in [-0.2, 0) is 30.4 Å². The minimum atomic E-state index is -1.25. The first-order valence-electron chi connectivity index (χ1n) is 12.1.